The number of nitrogens with two attached hydrogens (primary N) is 2. The highest BCUT2D eigenvalue weighted by molar-refractivity contribution is 5.92. The van der Waals surface area contributed by atoms with E-state index in [2.05, 4.69) is 10.6 Å². The van der Waals surface area contributed by atoms with Crippen molar-refractivity contribution in [3.63, 3.8) is 0 Å². The molecular formula is C32H44N4O6. The van der Waals surface area contributed by atoms with E-state index in [1.807, 2.05) is 41.5 Å². The van der Waals surface area contributed by atoms with Gasteiger partial charge in [0.25, 0.3) is 0 Å². The van der Waals surface area contributed by atoms with E-state index in [1.54, 1.807) is 12.1 Å². The third-order valence-electron chi connectivity index (χ3n) is 7.57. The molecule has 10 nitrogen and oxygen atoms in total. The van der Waals surface area contributed by atoms with Crippen LogP contribution in [-0.4, -0.2) is 45.3 Å². The van der Waals surface area contributed by atoms with Gasteiger partial charge in [-0.1, -0.05) is 12.1 Å². The molecule has 0 saturated heterocycles. The number of hydrogen-bond acceptors (Lipinski definition) is 10. The van der Waals surface area contributed by atoms with Crippen LogP contribution < -0.4 is 22.1 Å². The molecule has 0 radical (unpaired) electrons. The molecule has 0 aliphatic heterocycles. The standard InChI is InChI=1S/C32H44N4O6/c1-31(2,3)35-21-11-7-17-19(9-13-23(37)27(17)33)29(21)41-25(39)15-16-26(40)42-30-20-10-14-24(38)28(34)18(20)8-12-22(30)36-32(4,5)6/h9-10,13-16,21-22,29-30,35-38H,7-8,11-12,33-34H2,1-6H3/b16-15+. The Balaban J connectivity index is 1.53. The van der Waals surface area contributed by atoms with Gasteiger partial charge in [-0.15, -0.1) is 0 Å². The molecule has 0 fully saturated rings. The summed E-state index contributed by atoms with van der Waals surface area (Å²) >= 11 is 0. The number of hydrogen-bond donors (Lipinski definition) is 6. The molecule has 0 bridgehead atoms. The smallest absolute Gasteiger partial charge is 0.331 e. The van der Waals surface area contributed by atoms with Crippen molar-refractivity contribution in [2.75, 3.05) is 11.5 Å². The summed E-state index contributed by atoms with van der Waals surface area (Å²) in [5, 5.41) is 27.3. The predicted molar refractivity (Wildman–Crippen MR) is 162 cm³/mol. The molecule has 0 amide bonds. The van der Waals surface area contributed by atoms with Crippen molar-refractivity contribution in [3.05, 3.63) is 58.7 Å². The Bertz CT molecular complexity index is 1270. The number of fused-ring (bicyclic) bond motifs is 2. The number of rotatable bonds is 6. The normalized spacial score (nSPS) is 22.3. The van der Waals surface area contributed by atoms with Crippen molar-refractivity contribution in [2.24, 2.45) is 0 Å². The van der Waals surface area contributed by atoms with Crippen LogP contribution in [0.5, 0.6) is 11.5 Å². The molecule has 8 N–H and O–H groups in total. The molecule has 2 aliphatic rings. The number of aromatic hydroxyl groups is 2. The van der Waals surface area contributed by atoms with E-state index in [1.165, 1.54) is 12.1 Å². The summed E-state index contributed by atoms with van der Waals surface area (Å²) < 4.78 is 11.8. The minimum Gasteiger partial charge on any atom is -0.506 e. The lowest BCUT2D eigenvalue weighted by atomic mass is 9.83. The van der Waals surface area contributed by atoms with Gasteiger partial charge in [-0.05, 0) is 102 Å². The van der Waals surface area contributed by atoms with Crippen LogP contribution in [0.25, 0.3) is 0 Å². The van der Waals surface area contributed by atoms with Crippen molar-refractivity contribution < 1.29 is 29.3 Å². The zero-order chi connectivity index (χ0) is 31.0. The molecule has 10 heteroatoms. The van der Waals surface area contributed by atoms with Crippen LogP contribution >= 0.6 is 0 Å². The van der Waals surface area contributed by atoms with E-state index in [-0.39, 0.29) is 46.0 Å². The number of benzene rings is 2. The summed E-state index contributed by atoms with van der Waals surface area (Å²) in [5.74, 6) is -1.44. The maximum Gasteiger partial charge on any atom is 0.331 e. The molecule has 0 spiro atoms. The van der Waals surface area contributed by atoms with E-state index in [9.17, 15) is 19.8 Å². The first-order chi connectivity index (χ1) is 19.5. The Morgan fingerprint density at radius 2 is 1.10 bits per heavy atom. The molecule has 4 unspecified atom stereocenters. The van der Waals surface area contributed by atoms with E-state index in [0.717, 1.165) is 34.4 Å². The van der Waals surface area contributed by atoms with Crippen molar-refractivity contribution in [1.82, 2.24) is 10.6 Å². The van der Waals surface area contributed by atoms with Crippen LogP contribution in [0, 0.1) is 0 Å². The zero-order valence-electron chi connectivity index (χ0n) is 25.3. The molecular weight excluding hydrogens is 536 g/mol. The van der Waals surface area contributed by atoms with Gasteiger partial charge in [-0.3, -0.25) is 0 Å². The summed E-state index contributed by atoms with van der Waals surface area (Å²) in [4.78, 5) is 26.1. The highest BCUT2D eigenvalue weighted by Crippen LogP contribution is 2.41. The first-order valence-corrected chi connectivity index (χ1v) is 14.4. The van der Waals surface area contributed by atoms with Gasteiger partial charge in [0.05, 0.1) is 11.4 Å². The highest BCUT2D eigenvalue weighted by Gasteiger charge is 2.37. The van der Waals surface area contributed by atoms with Crippen LogP contribution in [0.2, 0.25) is 0 Å². The van der Waals surface area contributed by atoms with Crippen molar-refractivity contribution >= 4 is 23.3 Å². The minimum atomic E-state index is -0.709. The Morgan fingerprint density at radius 3 is 1.43 bits per heavy atom. The molecule has 4 rings (SSSR count). The third kappa shape index (κ3) is 7.17. The minimum absolute atomic E-state index is 0.00999. The summed E-state index contributed by atoms with van der Waals surface area (Å²) in [7, 11) is 0. The lowest BCUT2D eigenvalue weighted by Gasteiger charge is -2.38. The van der Waals surface area contributed by atoms with Crippen molar-refractivity contribution in [3.8, 4) is 11.5 Å². The Labute approximate surface area is 247 Å². The second-order valence-electron chi connectivity index (χ2n) is 13.3. The van der Waals surface area contributed by atoms with Gasteiger partial charge in [0.1, 0.15) is 23.7 Å². The number of phenols is 2. The van der Waals surface area contributed by atoms with Gasteiger partial charge in [0, 0.05) is 35.3 Å². The second kappa shape index (κ2) is 11.9. The average Bonchev–Trinajstić information content (AvgIpc) is 2.88. The number of esters is 2. The van der Waals surface area contributed by atoms with Gasteiger partial charge < -0.3 is 41.8 Å². The van der Waals surface area contributed by atoms with E-state index < -0.39 is 24.1 Å². The van der Waals surface area contributed by atoms with Crippen LogP contribution in [0.15, 0.2) is 36.4 Å². The van der Waals surface area contributed by atoms with Crippen LogP contribution in [-0.2, 0) is 31.9 Å². The monoisotopic (exact) mass is 580 g/mol. The van der Waals surface area contributed by atoms with E-state index in [0.29, 0.717) is 25.7 Å². The lowest BCUT2D eigenvalue weighted by molar-refractivity contribution is -0.148. The molecule has 42 heavy (non-hydrogen) atoms. The summed E-state index contributed by atoms with van der Waals surface area (Å²) in [6.45, 7) is 12.2. The summed E-state index contributed by atoms with van der Waals surface area (Å²) in [6.07, 6.45) is 3.30. The van der Waals surface area contributed by atoms with Gasteiger partial charge >= 0.3 is 11.9 Å². The fourth-order valence-corrected chi connectivity index (χ4v) is 5.93. The third-order valence-corrected chi connectivity index (χ3v) is 7.57. The highest BCUT2D eigenvalue weighted by atomic mass is 16.6. The number of nitrogen functional groups attached to an aromatic ring is 2. The first kappa shape index (κ1) is 31.2. The summed E-state index contributed by atoms with van der Waals surface area (Å²) in [5.41, 5.74) is 15.3. The van der Waals surface area contributed by atoms with Crippen LogP contribution in [0.3, 0.4) is 0 Å². The quantitative estimate of drug-likeness (QED) is 0.127. The maximum atomic E-state index is 13.0. The van der Waals surface area contributed by atoms with Gasteiger partial charge in [-0.25, -0.2) is 9.59 Å². The molecule has 0 aromatic heterocycles. The Morgan fingerprint density at radius 1 is 0.738 bits per heavy atom. The van der Waals surface area contributed by atoms with Gasteiger partial charge in [0.2, 0.25) is 0 Å². The molecule has 228 valence electrons. The predicted octanol–water partition coefficient (Wildman–Crippen LogP) is 4.09. The SMILES string of the molecule is CC(C)(C)NC1CCc2c(ccc(O)c2N)C1OC(=O)/C=C/C(=O)OC1c2ccc(O)c(N)c2CCC1NC(C)(C)C. The van der Waals surface area contributed by atoms with Crippen LogP contribution in [0.1, 0.15) is 88.8 Å². The fraction of sp³-hybridized carbons (Fsp3) is 0.500. The lowest BCUT2D eigenvalue weighted by Crippen LogP contribution is -2.49. The van der Waals surface area contributed by atoms with Gasteiger partial charge in [-0.2, -0.15) is 0 Å². The van der Waals surface area contributed by atoms with Crippen molar-refractivity contribution in [2.45, 2.75) is 103 Å². The molecule has 0 heterocycles. The Kier molecular flexibility index (Phi) is 8.80. The maximum absolute atomic E-state index is 13.0. The molecule has 4 atom stereocenters. The van der Waals surface area contributed by atoms with Crippen LogP contribution in [0.4, 0.5) is 11.4 Å². The first-order valence-electron chi connectivity index (χ1n) is 14.4. The molecule has 2 aliphatic carbocycles. The topological polar surface area (TPSA) is 169 Å². The number of ether oxygens (including phenoxy) is 2. The number of carbonyl (C=O) groups is 2. The van der Waals surface area contributed by atoms with E-state index >= 15 is 0 Å². The number of phenolic OH excluding ortho intramolecular Hbond substituents is 2. The number of nitrogens with one attached hydrogen (secondary N) is 2. The molecule has 2 aromatic rings. The number of carbonyl (C=O) groups excluding carboxylic acids is 2. The van der Waals surface area contributed by atoms with Gasteiger partial charge in [0.15, 0.2) is 0 Å². The van der Waals surface area contributed by atoms with Crippen molar-refractivity contribution in [1.29, 1.82) is 0 Å². The second-order valence-corrected chi connectivity index (χ2v) is 13.3. The van der Waals surface area contributed by atoms with E-state index in [4.69, 9.17) is 20.9 Å². The molecule has 2 aromatic carbocycles. The zero-order valence-corrected chi connectivity index (χ0v) is 25.3. The average molecular weight is 581 g/mol. The summed E-state index contributed by atoms with van der Waals surface area (Å²) in [6, 6.07) is 6.04. The largest absolute Gasteiger partial charge is 0.506 e. The fourth-order valence-electron chi connectivity index (χ4n) is 5.93. The molecule has 0 saturated carbocycles. The number of anilines is 2. The Hall–Kier alpha value is -3.76.